The van der Waals surface area contributed by atoms with Crippen LogP contribution in [-0.4, -0.2) is 31.6 Å². The van der Waals surface area contributed by atoms with E-state index in [4.69, 9.17) is 0 Å². The van der Waals surface area contributed by atoms with Crippen molar-refractivity contribution in [1.82, 2.24) is 10.2 Å². The number of hydrogen-bond donors (Lipinski definition) is 1. The lowest BCUT2D eigenvalue weighted by molar-refractivity contribution is 0.137. The summed E-state index contributed by atoms with van der Waals surface area (Å²) in [5.74, 6) is 0. The Kier molecular flexibility index (Phi) is 4.79. The second-order valence-corrected chi connectivity index (χ2v) is 8.44. The van der Waals surface area contributed by atoms with Crippen LogP contribution in [0.25, 0.3) is 10.4 Å². The van der Waals surface area contributed by atoms with Gasteiger partial charge in [0.25, 0.3) is 0 Å². The van der Waals surface area contributed by atoms with Crippen molar-refractivity contribution < 1.29 is 0 Å². The topological polar surface area (TPSA) is 15.3 Å². The summed E-state index contributed by atoms with van der Waals surface area (Å²) in [5, 5.41) is 8.10. The number of nitrogens with zero attached hydrogens (tertiary/aromatic N) is 1. The molecule has 4 heteroatoms. The van der Waals surface area contributed by atoms with Crippen LogP contribution in [0.15, 0.2) is 29.0 Å². The van der Waals surface area contributed by atoms with Crippen LogP contribution < -0.4 is 5.32 Å². The fraction of sp³-hybridized carbons (Fsp3) is 0.529. The molecule has 0 atom stereocenters. The van der Waals surface area contributed by atoms with E-state index in [2.05, 4.69) is 53.1 Å². The fourth-order valence-electron chi connectivity index (χ4n) is 2.87. The highest BCUT2D eigenvalue weighted by Gasteiger charge is 2.28. The highest BCUT2D eigenvalue weighted by atomic mass is 32.1. The smallest absolute Gasteiger partial charge is 0.0351 e. The van der Waals surface area contributed by atoms with Gasteiger partial charge in [-0.15, -0.1) is 22.7 Å². The minimum Gasteiger partial charge on any atom is -0.311 e. The predicted octanol–water partition coefficient (Wildman–Crippen LogP) is 4.30. The Hall–Kier alpha value is -0.680. The van der Waals surface area contributed by atoms with Crippen molar-refractivity contribution in [1.29, 1.82) is 0 Å². The second-order valence-electron chi connectivity index (χ2n) is 6.50. The van der Waals surface area contributed by atoms with E-state index in [0.717, 1.165) is 13.1 Å². The summed E-state index contributed by atoms with van der Waals surface area (Å²) in [5.41, 5.74) is 1.85. The molecule has 0 radical (unpaired) electrons. The summed E-state index contributed by atoms with van der Waals surface area (Å²) in [7, 11) is 2.23. The first-order valence-electron chi connectivity index (χ1n) is 7.65. The number of hydrogen-bond acceptors (Lipinski definition) is 4. The van der Waals surface area contributed by atoms with E-state index in [1.807, 2.05) is 22.7 Å². The first-order chi connectivity index (χ1) is 10.1. The zero-order valence-electron chi connectivity index (χ0n) is 12.9. The van der Waals surface area contributed by atoms with Gasteiger partial charge in [-0.2, -0.15) is 0 Å². The molecule has 2 aromatic heterocycles. The van der Waals surface area contributed by atoms with Crippen LogP contribution >= 0.6 is 22.7 Å². The Balaban J connectivity index is 1.49. The maximum atomic E-state index is 3.68. The van der Waals surface area contributed by atoms with E-state index in [1.165, 1.54) is 41.2 Å². The summed E-state index contributed by atoms with van der Waals surface area (Å²) >= 11 is 3.69. The molecule has 21 heavy (non-hydrogen) atoms. The molecule has 0 aromatic carbocycles. The lowest BCUT2D eigenvalue weighted by Crippen LogP contribution is -2.41. The highest BCUT2D eigenvalue weighted by Crippen LogP contribution is 2.31. The minimum absolute atomic E-state index is 0.473. The number of thiophene rings is 2. The van der Waals surface area contributed by atoms with Gasteiger partial charge in [-0.05, 0) is 61.3 Å². The highest BCUT2D eigenvalue weighted by molar-refractivity contribution is 7.14. The maximum Gasteiger partial charge on any atom is 0.0351 e. The van der Waals surface area contributed by atoms with E-state index < -0.39 is 0 Å². The second kappa shape index (κ2) is 6.61. The van der Waals surface area contributed by atoms with Gasteiger partial charge in [0.05, 0.1) is 0 Å². The molecule has 1 N–H and O–H groups in total. The van der Waals surface area contributed by atoms with Crippen molar-refractivity contribution in [3.8, 4) is 10.4 Å². The average Bonchev–Trinajstić information content (AvgIpc) is 3.13. The monoisotopic (exact) mass is 320 g/mol. The minimum atomic E-state index is 0.473. The van der Waals surface area contributed by atoms with Gasteiger partial charge in [0, 0.05) is 28.4 Å². The summed E-state index contributed by atoms with van der Waals surface area (Å²) in [4.78, 5) is 5.25. The summed E-state index contributed by atoms with van der Waals surface area (Å²) in [6, 6.07) is 6.65. The normalized spacial score (nSPS) is 19.0. The summed E-state index contributed by atoms with van der Waals surface area (Å²) in [6.07, 6.45) is 2.61. The zero-order valence-corrected chi connectivity index (χ0v) is 14.5. The molecule has 2 aromatic rings. The quantitative estimate of drug-likeness (QED) is 0.883. The lowest BCUT2D eigenvalue weighted by atomic mass is 9.80. The Morgan fingerprint density at radius 1 is 1.29 bits per heavy atom. The largest absolute Gasteiger partial charge is 0.311 e. The lowest BCUT2D eigenvalue weighted by Gasteiger charge is -2.38. The van der Waals surface area contributed by atoms with Crippen LogP contribution in [0.3, 0.4) is 0 Å². The van der Waals surface area contributed by atoms with Crippen LogP contribution in [0.1, 0.15) is 24.6 Å². The van der Waals surface area contributed by atoms with E-state index >= 15 is 0 Å². The van der Waals surface area contributed by atoms with E-state index in [-0.39, 0.29) is 0 Å². The van der Waals surface area contributed by atoms with Gasteiger partial charge in [-0.1, -0.05) is 13.0 Å². The molecule has 0 aliphatic carbocycles. The zero-order chi connectivity index (χ0) is 14.7. The molecule has 0 saturated carbocycles. The van der Waals surface area contributed by atoms with Gasteiger partial charge in [0.2, 0.25) is 0 Å². The van der Waals surface area contributed by atoms with Gasteiger partial charge in [0.15, 0.2) is 0 Å². The molecule has 114 valence electrons. The SMILES string of the molecule is CN1CCC(C)(CNCc2cc(-c3cccs3)cs2)CC1. The van der Waals surface area contributed by atoms with Gasteiger partial charge >= 0.3 is 0 Å². The maximum absolute atomic E-state index is 3.68. The molecule has 3 rings (SSSR count). The van der Waals surface area contributed by atoms with E-state index in [9.17, 15) is 0 Å². The van der Waals surface area contributed by atoms with E-state index in [0.29, 0.717) is 5.41 Å². The summed E-state index contributed by atoms with van der Waals surface area (Å²) in [6.45, 7) is 7.03. The van der Waals surface area contributed by atoms with Crippen molar-refractivity contribution in [2.24, 2.45) is 5.41 Å². The molecule has 1 aliphatic rings. The van der Waals surface area contributed by atoms with E-state index in [1.54, 1.807) is 0 Å². The van der Waals surface area contributed by atoms with Gasteiger partial charge < -0.3 is 10.2 Å². The van der Waals surface area contributed by atoms with Gasteiger partial charge in [-0.3, -0.25) is 0 Å². The van der Waals surface area contributed by atoms with Gasteiger partial charge in [-0.25, -0.2) is 0 Å². The molecule has 3 heterocycles. The Morgan fingerprint density at radius 3 is 2.81 bits per heavy atom. The van der Waals surface area contributed by atoms with Crippen molar-refractivity contribution in [3.05, 3.63) is 33.8 Å². The average molecular weight is 321 g/mol. The van der Waals surface area contributed by atoms with Crippen LogP contribution in [0.4, 0.5) is 0 Å². The molecule has 1 saturated heterocycles. The molecule has 0 amide bonds. The first kappa shape index (κ1) is 15.2. The Bertz CT molecular complexity index is 551. The number of likely N-dealkylation sites (tertiary alicyclic amines) is 1. The first-order valence-corrected chi connectivity index (χ1v) is 9.41. The van der Waals surface area contributed by atoms with Crippen molar-refractivity contribution in [2.45, 2.75) is 26.3 Å². The fourth-order valence-corrected chi connectivity index (χ4v) is 4.51. The van der Waals surface area contributed by atoms with Crippen molar-refractivity contribution in [2.75, 3.05) is 26.7 Å². The van der Waals surface area contributed by atoms with Crippen molar-refractivity contribution >= 4 is 22.7 Å². The number of rotatable bonds is 5. The van der Waals surface area contributed by atoms with Gasteiger partial charge in [0.1, 0.15) is 0 Å². The molecule has 1 fully saturated rings. The molecule has 0 spiro atoms. The third kappa shape index (κ3) is 3.95. The molecule has 0 unspecified atom stereocenters. The Labute approximate surface area is 135 Å². The predicted molar refractivity (Wildman–Crippen MR) is 94.2 cm³/mol. The number of piperidine rings is 1. The van der Waals surface area contributed by atoms with Crippen LogP contribution in [0, 0.1) is 5.41 Å². The van der Waals surface area contributed by atoms with Crippen molar-refractivity contribution in [3.63, 3.8) is 0 Å². The third-order valence-electron chi connectivity index (χ3n) is 4.50. The third-order valence-corrected chi connectivity index (χ3v) is 6.36. The van der Waals surface area contributed by atoms with Crippen LogP contribution in [0.5, 0.6) is 0 Å². The molecular weight excluding hydrogens is 296 g/mol. The molecule has 0 bridgehead atoms. The number of nitrogens with one attached hydrogen (secondary N) is 1. The Morgan fingerprint density at radius 2 is 2.10 bits per heavy atom. The summed E-state index contributed by atoms with van der Waals surface area (Å²) < 4.78 is 0. The standard InChI is InChI=1S/C17H24N2S2/c1-17(5-7-19(2)8-6-17)13-18-11-15-10-14(12-21-15)16-4-3-9-20-16/h3-4,9-10,12,18H,5-8,11,13H2,1-2H3. The molecule has 2 nitrogen and oxygen atoms in total. The molecular formula is C17H24N2S2. The van der Waals surface area contributed by atoms with Crippen LogP contribution in [-0.2, 0) is 6.54 Å². The van der Waals surface area contributed by atoms with Crippen LogP contribution in [0.2, 0.25) is 0 Å². The molecule has 1 aliphatic heterocycles.